The fourth-order valence-corrected chi connectivity index (χ4v) is 4.84. The molecule has 7 nitrogen and oxygen atoms in total. The van der Waals surface area contributed by atoms with Gasteiger partial charge in [-0.15, -0.1) is 0 Å². The predicted molar refractivity (Wildman–Crippen MR) is 114 cm³/mol. The third kappa shape index (κ3) is 5.45. The molecule has 0 bridgehead atoms. The Labute approximate surface area is 178 Å². The standard InChI is InChI=1S/C20H21BrN2O5S/c1-27-18-7-5-15(6-8-20(24)22-17-4-2-3-16(21)14-17)13-19(18)29(25,26)23-9-11-28-12-10-23/h2-8,13-14H,9-12H2,1H3,(H,22,24). The molecule has 0 aliphatic carbocycles. The van der Waals surface area contributed by atoms with Crippen LogP contribution in [0.25, 0.3) is 6.08 Å². The van der Waals surface area contributed by atoms with Gasteiger partial charge >= 0.3 is 0 Å². The molecule has 154 valence electrons. The van der Waals surface area contributed by atoms with Crippen molar-refractivity contribution in [3.8, 4) is 5.75 Å². The van der Waals surface area contributed by atoms with Gasteiger partial charge in [-0.25, -0.2) is 8.42 Å². The monoisotopic (exact) mass is 480 g/mol. The Kier molecular flexibility index (Phi) is 7.07. The number of morpholine rings is 1. The number of methoxy groups -OCH3 is 1. The molecule has 2 aromatic rings. The Morgan fingerprint density at radius 2 is 1.97 bits per heavy atom. The average Bonchev–Trinajstić information content (AvgIpc) is 2.72. The zero-order valence-electron chi connectivity index (χ0n) is 15.8. The summed E-state index contributed by atoms with van der Waals surface area (Å²) in [5.74, 6) is -0.0660. The molecule has 1 N–H and O–H groups in total. The predicted octanol–water partition coefficient (Wildman–Crippen LogP) is 3.13. The zero-order valence-corrected chi connectivity index (χ0v) is 18.2. The highest BCUT2D eigenvalue weighted by Gasteiger charge is 2.29. The second-order valence-corrected chi connectivity index (χ2v) is 9.08. The van der Waals surface area contributed by atoms with Crippen LogP contribution >= 0.6 is 15.9 Å². The number of halogens is 1. The molecule has 0 radical (unpaired) electrons. The van der Waals surface area contributed by atoms with Gasteiger partial charge in [-0.3, -0.25) is 4.79 Å². The van der Waals surface area contributed by atoms with Gasteiger partial charge in [0.15, 0.2) is 0 Å². The van der Waals surface area contributed by atoms with Gasteiger partial charge in [0.2, 0.25) is 15.9 Å². The van der Waals surface area contributed by atoms with Crippen LogP contribution in [0.2, 0.25) is 0 Å². The number of anilines is 1. The fourth-order valence-electron chi connectivity index (χ4n) is 2.85. The maximum absolute atomic E-state index is 13.0. The van der Waals surface area contributed by atoms with E-state index >= 15 is 0 Å². The molecule has 0 unspecified atom stereocenters. The molecule has 1 aliphatic rings. The maximum Gasteiger partial charge on any atom is 0.248 e. The smallest absolute Gasteiger partial charge is 0.248 e. The average molecular weight is 481 g/mol. The first-order valence-corrected chi connectivity index (χ1v) is 11.1. The van der Waals surface area contributed by atoms with Crippen LogP contribution in [0.1, 0.15) is 5.56 Å². The number of rotatable bonds is 6. The van der Waals surface area contributed by atoms with Gasteiger partial charge < -0.3 is 14.8 Å². The van der Waals surface area contributed by atoms with Crippen molar-refractivity contribution in [3.63, 3.8) is 0 Å². The van der Waals surface area contributed by atoms with Crippen LogP contribution in [-0.2, 0) is 19.6 Å². The lowest BCUT2D eigenvalue weighted by atomic mass is 10.2. The largest absolute Gasteiger partial charge is 0.495 e. The van der Waals surface area contributed by atoms with Crippen molar-refractivity contribution in [1.82, 2.24) is 4.31 Å². The number of carbonyl (C=O) groups excluding carboxylic acids is 1. The molecule has 9 heteroatoms. The molecule has 1 heterocycles. The van der Waals surface area contributed by atoms with Crippen molar-refractivity contribution in [2.24, 2.45) is 0 Å². The van der Waals surface area contributed by atoms with Crippen LogP contribution in [0, 0.1) is 0 Å². The SMILES string of the molecule is COc1ccc(C=CC(=O)Nc2cccc(Br)c2)cc1S(=O)(=O)N1CCOCC1. The van der Waals surface area contributed by atoms with Crippen LogP contribution in [0.4, 0.5) is 5.69 Å². The Morgan fingerprint density at radius 3 is 2.66 bits per heavy atom. The highest BCUT2D eigenvalue weighted by molar-refractivity contribution is 9.10. The van der Waals surface area contributed by atoms with Crippen LogP contribution in [0.15, 0.2) is 57.9 Å². The number of carbonyl (C=O) groups is 1. The third-order valence-electron chi connectivity index (χ3n) is 4.29. The maximum atomic E-state index is 13.0. The number of amides is 1. The van der Waals surface area contributed by atoms with Gasteiger partial charge in [0, 0.05) is 29.3 Å². The van der Waals surface area contributed by atoms with E-state index in [1.165, 1.54) is 23.6 Å². The molecular formula is C20H21BrN2O5S. The molecule has 2 aromatic carbocycles. The topological polar surface area (TPSA) is 84.9 Å². The van der Waals surface area contributed by atoms with Gasteiger partial charge in [0.1, 0.15) is 10.6 Å². The molecule has 1 amide bonds. The van der Waals surface area contributed by atoms with E-state index in [1.54, 1.807) is 30.3 Å². The number of nitrogens with zero attached hydrogens (tertiary/aromatic N) is 1. The van der Waals surface area contributed by atoms with E-state index in [2.05, 4.69) is 21.2 Å². The second kappa shape index (κ2) is 9.53. The van der Waals surface area contributed by atoms with Crippen LogP contribution in [0.3, 0.4) is 0 Å². The molecule has 1 fully saturated rings. The van der Waals surface area contributed by atoms with Gasteiger partial charge in [0.05, 0.1) is 20.3 Å². The lowest BCUT2D eigenvalue weighted by Gasteiger charge is -2.26. The van der Waals surface area contributed by atoms with Gasteiger partial charge in [-0.05, 0) is 42.0 Å². The summed E-state index contributed by atoms with van der Waals surface area (Å²) in [7, 11) is -2.31. The van der Waals surface area contributed by atoms with Gasteiger partial charge in [-0.2, -0.15) is 4.31 Å². The summed E-state index contributed by atoms with van der Waals surface area (Å²) in [6.07, 6.45) is 2.92. The van der Waals surface area contributed by atoms with Crippen molar-refractivity contribution in [2.75, 3.05) is 38.7 Å². The van der Waals surface area contributed by atoms with E-state index in [1.807, 2.05) is 12.1 Å². The first-order chi connectivity index (χ1) is 13.9. The summed E-state index contributed by atoms with van der Waals surface area (Å²) < 4.78 is 38.7. The Bertz CT molecular complexity index is 1020. The molecule has 0 saturated carbocycles. The molecule has 1 aliphatic heterocycles. The number of nitrogens with one attached hydrogen (secondary N) is 1. The summed E-state index contributed by atoms with van der Waals surface area (Å²) >= 11 is 3.35. The number of benzene rings is 2. The van der Waals surface area contributed by atoms with Crippen LogP contribution in [-0.4, -0.2) is 52.0 Å². The van der Waals surface area contributed by atoms with Crippen molar-refractivity contribution in [2.45, 2.75) is 4.90 Å². The summed E-state index contributed by atoms with van der Waals surface area (Å²) in [5.41, 5.74) is 1.22. The van der Waals surface area contributed by atoms with E-state index < -0.39 is 10.0 Å². The van der Waals surface area contributed by atoms with E-state index in [9.17, 15) is 13.2 Å². The van der Waals surface area contributed by atoms with Gasteiger partial charge in [0.25, 0.3) is 0 Å². The molecular weight excluding hydrogens is 460 g/mol. The zero-order chi connectivity index (χ0) is 20.9. The van der Waals surface area contributed by atoms with E-state index in [0.29, 0.717) is 37.6 Å². The molecule has 0 spiro atoms. The number of hydrogen-bond donors (Lipinski definition) is 1. The van der Waals surface area contributed by atoms with Crippen molar-refractivity contribution >= 4 is 43.6 Å². The minimum absolute atomic E-state index is 0.0662. The van der Waals surface area contributed by atoms with Crippen molar-refractivity contribution in [1.29, 1.82) is 0 Å². The van der Waals surface area contributed by atoms with E-state index in [0.717, 1.165) is 4.47 Å². The van der Waals surface area contributed by atoms with Crippen LogP contribution < -0.4 is 10.1 Å². The Hall–Kier alpha value is -2.20. The molecule has 29 heavy (non-hydrogen) atoms. The van der Waals surface area contributed by atoms with E-state index in [4.69, 9.17) is 9.47 Å². The van der Waals surface area contributed by atoms with Gasteiger partial charge in [-0.1, -0.05) is 28.1 Å². The lowest BCUT2D eigenvalue weighted by Crippen LogP contribution is -2.40. The Balaban J connectivity index is 1.80. The minimum Gasteiger partial charge on any atom is -0.495 e. The quantitative estimate of drug-likeness (QED) is 0.641. The Morgan fingerprint density at radius 1 is 1.21 bits per heavy atom. The highest BCUT2D eigenvalue weighted by Crippen LogP contribution is 2.29. The normalized spacial score (nSPS) is 15.4. The number of ether oxygens (including phenoxy) is 2. The second-order valence-electron chi connectivity index (χ2n) is 6.26. The molecule has 0 atom stereocenters. The van der Waals surface area contributed by atoms with Crippen LogP contribution in [0.5, 0.6) is 5.75 Å². The summed E-state index contributed by atoms with van der Waals surface area (Å²) in [6.45, 7) is 1.30. The molecule has 1 saturated heterocycles. The molecule has 3 rings (SSSR count). The number of hydrogen-bond acceptors (Lipinski definition) is 5. The lowest BCUT2D eigenvalue weighted by molar-refractivity contribution is -0.111. The first kappa shape index (κ1) is 21.5. The molecule has 0 aromatic heterocycles. The fraction of sp³-hybridized carbons (Fsp3) is 0.250. The minimum atomic E-state index is -3.73. The highest BCUT2D eigenvalue weighted by atomic mass is 79.9. The first-order valence-electron chi connectivity index (χ1n) is 8.91. The summed E-state index contributed by atoms with van der Waals surface area (Å²) in [4.78, 5) is 12.2. The number of sulfonamides is 1. The van der Waals surface area contributed by atoms with E-state index in [-0.39, 0.29) is 16.6 Å². The van der Waals surface area contributed by atoms with Crippen molar-refractivity contribution in [3.05, 3.63) is 58.6 Å². The summed E-state index contributed by atoms with van der Waals surface area (Å²) in [5, 5.41) is 2.75. The van der Waals surface area contributed by atoms with Crippen molar-refractivity contribution < 1.29 is 22.7 Å². The summed E-state index contributed by atoms with van der Waals surface area (Å²) in [6, 6.07) is 12.0. The third-order valence-corrected chi connectivity index (χ3v) is 6.71.